The molecule has 0 aliphatic rings. The van der Waals surface area contributed by atoms with Gasteiger partial charge in [0.1, 0.15) is 5.75 Å². The van der Waals surface area contributed by atoms with Gasteiger partial charge in [-0.05, 0) is 40.5 Å². The predicted octanol–water partition coefficient (Wildman–Crippen LogP) is 1.86. The molecule has 0 radical (unpaired) electrons. The van der Waals surface area contributed by atoms with Crippen molar-refractivity contribution in [3.8, 4) is 18.1 Å². The molecule has 0 spiro atoms. The number of hydrogen-bond acceptors (Lipinski definition) is 3. The van der Waals surface area contributed by atoms with Crippen molar-refractivity contribution >= 4 is 21.8 Å². The highest BCUT2D eigenvalue weighted by Gasteiger charge is 2.11. The van der Waals surface area contributed by atoms with Crippen LogP contribution in [0.25, 0.3) is 0 Å². The van der Waals surface area contributed by atoms with Gasteiger partial charge in [-0.2, -0.15) is 0 Å². The van der Waals surface area contributed by atoms with E-state index < -0.39 is 0 Å². The van der Waals surface area contributed by atoms with Crippen LogP contribution in [-0.4, -0.2) is 26.1 Å². The second-order valence-corrected chi connectivity index (χ2v) is 4.85. The Balaban J connectivity index is 2.58. The minimum Gasteiger partial charge on any atom is -0.496 e. The second kappa shape index (κ2) is 7.82. The summed E-state index contributed by atoms with van der Waals surface area (Å²) in [5.41, 5.74) is 0.998. The van der Waals surface area contributed by atoms with E-state index in [0.717, 1.165) is 15.8 Å². The van der Waals surface area contributed by atoms with E-state index in [0.29, 0.717) is 6.54 Å². The molecule has 1 aromatic rings. The van der Waals surface area contributed by atoms with Crippen LogP contribution in [0.3, 0.4) is 0 Å². The number of benzene rings is 1. The lowest BCUT2D eigenvalue weighted by molar-refractivity contribution is -0.120. The van der Waals surface area contributed by atoms with Gasteiger partial charge in [0.05, 0.1) is 30.7 Å². The topological polar surface area (TPSA) is 50.4 Å². The van der Waals surface area contributed by atoms with E-state index >= 15 is 0 Å². The molecule has 5 heteroatoms. The van der Waals surface area contributed by atoms with E-state index in [4.69, 9.17) is 11.2 Å². The molecule has 0 aliphatic carbocycles. The van der Waals surface area contributed by atoms with Gasteiger partial charge in [-0.3, -0.25) is 10.1 Å². The number of methoxy groups -OCH3 is 1. The first-order valence-corrected chi connectivity index (χ1v) is 6.64. The highest BCUT2D eigenvalue weighted by atomic mass is 79.9. The van der Waals surface area contributed by atoms with Gasteiger partial charge in [0, 0.05) is 0 Å². The largest absolute Gasteiger partial charge is 0.496 e. The highest BCUT2D eigenvalue weighted by molar-refractivity contribution is 9.10. The smallest absolute Gasteiger partial charge is 0.234 e. The third-order valence-electron chi connectivity index (χ3n) is 2.57. The zero-order valence-corrected chi connectivity index (χ0v) is 12.6. The molecule has 0 aromatic heterocycles. The summed E-state index contributed by atoms with van der Waals surface area (Å²) < 4.78 is 6.02. The molecule has 1 amide bonds. The molecule has 1 unspecified atom stereocenters. The van der Waals surface area contributed by atoms with Crippen molar-refractivity contribution in [2.75, 3.05) is 20.2 Å². The fourth-order valence-electron chi connectivity index (χ4n) is 1.58. The van der Waals surface area contributed by atoms with Crippen LogP contribution in [-0.2, 0) is 4.79 Å². The Labute approximate surface area is 122 Å². The van der Waals surface area contributed by atoms with Crippen LogP contribution in [0.1, 0.15) is 18.5 Å². The molecule has 4 nitrogen and oxygen atoms in total. The maximum absolute atomic E-state index is 11.6. The van der Waals surface area contributed by atoms with Crippen molar-refractivity contribution in [1.82, 2.24) is 10.6 Å². The molecule has 1 rings (SSSR count). The molecule has 0 saturated heterocycles. The number of amides is 1. The molecule has 0 saturated carbocycles. The number of hydrogen-bond donors (Lipinski definition) is 2. The van der Waals surface area contributed by atoms with Crippen LogP contribution in [0.4, 0.5) is 0 Å². The van der Waals surface area contributed by atoms with Gasteiger partial charge in [0.15, 0.2) is 0 Å². The van der Waals surface area contributed by atoms with E-state index in [-0.39, 0.29) is 18.5 Å². The molecular formula is C14H17BrN2O2. The number of carbonyl (C=O) groups is 1. The molecule has 1 aromatic carbocycles. The van der Waals surface area contributed by atoms with Crippen LogP contribution in [0.2, 0.25) is 0 Å². The summed E-state index contributed by atoms with van der Waals surface area (Å²) in [6, 6.07) is 5.63. The Morgan fingerprint density at radius 1 is 1.58 bits per heavy atom. The molecule has 19 heavy (non-hydrogen) atoms. The number of halogens is 1. The first kappa shape index (κ1) is 15.5. The average Bonchev–Trinajstić information content (AvgIpc) is 2.38. The van der Waals surface area contributed by atoms with Crippen molar-refractivity contribution in [2.24, 2.45) is 0 Å². The molecule has 0 bridgehead atoms. The van der Waals surface area contributed by atoms with Gasteiger partial charge < -0.3 is 10.1 Å². The summed E-state index contributed by atoms with van der Waals surface area (Å²) in [4.78, 5) is 11.6. The van der Waals surface area contributed by atoms with Crippen molar-refractivity contribution in [2.45, 2.75) is 13.0 Å². The van der Waals surface area contributed by atoms with Crippen molar-refractivity contribution in [1.29, 1.82) is 0 Å². The van der Waals surface area contributed by atoms with E-state index in [9.17, 15) is 4.79 Å². The lowest BCUT2D eigenvalue weighted by Gasteiger charge is -2.15. The summed E-state index contributed by atoms with van der Waals surface area (Å²) in [7, 11) is 1.61. The molecule has 1 atom stereocenters. The van der Waals surface area contributed by atoms with Gasteiger partial charge in [0.2, 0.25) is 5.91 Å². The van der Waals surface area contributed by atoms with E-state index in [1.807, 2.05) is 25.1 Å². The Morgan fingerprint density at radius 2 is 2.32 bits per heavy atom. The molecule has 2 N–H and O–H groups in total. The lowest BCUT2D eigenvalue weighted by atomic mass is 10.1. The van der Waals surface area contributed by atoms with Crippen LogP contribution in [0.15, 0.2) is 22.7 Å². The summed E-state index contributed by atoms with van der Waals surface area (Å²) in [5, 5.41) is 5.73. The van der Waals surface area contributed by atoms with E-state index in [1.165, 1.54) is 0 Å². The number of rotatable bonds is 6. The molecule has 102 valence electrons. The highest BCUT2D eigenvalue weighted by Crippen LogP contribution is 2.27. The fourth-order valence-corrected chi connectivity index (χ4v) is 2.13. The molecule has 0 fully saturated rings. The van der Waals surface area contributed by atoms with Gasteiger partial charge in [-0.15, -0.1) is 6.42 Å². The monoisotopic (exact) mass is 324 g/mol. The SMILES string of the molecule is C#CCNCC(=O)NC(C)c1ccc(OC)c(Br)c1. The third-order valence-corrected chi connectivity index (χ3v) is 3.19. The Bertz CT molecular complexity index is 483. The number of ether oxygens (including phenoxy) is 1. The third kappa shape index (κ3) is 4.93. The van der Waals surface area contributed by atoms with Crippen molar-refractivity contribution in [3.05, 3.63) is 28.2 Å². The van der Waals surface area contributed by atoms with Crippen LogP contribution >= 0.6 is 15.9 Å². The van der Waals surface area contributed by atoms with Crippen LogP contribution in [0.5, 0.6) is 5.75 Å². The fraction of sp³-hybridized carbons (Fsp3) is 0.357. The van der Waals surface area contributed by atoms with Gasteiger partial charge in [0.25, 0.3) is 0 Å². The lowest BCUT2D eigenvalue weighted by Crippen LogP contribution is -2.35. The van der Waals surface area contributed by atoms with Crippen LogP contribution < -0.4 is 15.4 Å². The number of carbonyl (C=O) groups excluding carboxylic acids is 1. The minimum absolute atomic E-state index is 0.0812. The maximum atomic E-state index is 11.6. The second-order valence-electron chi connectivity index (χ2n) is 3.99. The maximum Gasteiger partial charge on any atom is 0.234 e. The van der Waals surface area contributed by atoms with Gasteiger partial charge in [-0.25, -0.2) is 0 Å². The first-order valence-electron chi connectivity index (χ1n) is 5.85. The molecule has 0 heterocycles. The van der Waals surface area contributed by atoms with Crippen molar-refractivity contribution < 1.29 is 9.53 Å². The zero-order valence-electron chi connectivity index (χ0n) is 11.0. The Hall–Kier alpha value is -1.51. The Morgan fingerprint density at radius 3 is 2.89 bits per heavy atom. The number of terminal acetylenes is 1. The summed E-state index contributed by atoms with van der Waals surface area (Å²) in [6.07, 6.45) is 5.09. The standard InChI is InChI=1S/C14H17BrN2O2/c1-4-7-16-9-14(18)17-10(2)11-5-6-13(19-3)12(15)8-11/h1,5-6,8,10,16H,7,9H2,2-3H3,(H,17,18). The normalized spacial score (nSPS) is 11.5. The predicted molar refractivity (Wildman–Crippen MR) is 79.0 cm³/mol. The Kier molecular flexibility index (Phi) is 6.40. The quantitative estimate of drug-likeness (QED) is 0.620. The van der Waals surface area contributed by atoms with E-state index in [2.05, 4.69) is 32.5 Å². The minimum atomic E-state index is -0.0882. The summed E-state index contributed by atoms with van der Waals surface area (Å²) >= 11 is 3.42. The molecule has 0 aliphatic heterocycles. The zero-order chi connectivity index (χ0) is 14.3. The average molecular weight is 325 g/mol. The number of nitrogens with one attached hydrogen (secondary N) is 2. The van der Waals surface area contributed by atoms with Crippen molar-refractivity contribution in [3.63, 3.8) is 0 Å². The summed E-state index contributed by atoms with van der Waals surface area (Å²) in [5.74, 6) is 3.09. The first-order chi connectivity index (χ1) is 9.08. The van der Waals surface area contributed by atoms with Gasteiger partial charge in [-0.1, -0.05) is 12.0 Å². The van der Waals surface area contributed by atoms with E-state index in [1.54, 1.807) is 7.11 Å². The van der Waals surface area contributed by atoms with Gasteiger partial charge >= 0.3 is 0 Å². The van der Waals surface area contributed by atoms with Crippen LogP contribution in [0, 0.1) is 12.3 Å². The summed E-state index contributed by atoms with van der Waals surface area (Å²) in [6.45, 7) is 2.52. The molecular weight excluding hydrogens is 308 g/mol.